The van der Waals surface area contributed by atoms with Crippen molar-refractivity contribution in [3.05, 3.63) is 0 Å². The van der Waals surface area contributed by atoms with Gasteiger partial charge in [-0.3, -0.25) is 19.3 Å². The van der Waals surface area contributed by atoms with Gasteiger partial charge in [-0.25, -0.2) is 4.79 Å². The first-order valence-electron chi connectivity index (χ1n) is 16.5. The number of amides is 1. The fourth-order valence-electron chi connectivity index (χ4n) is 5.25. The van der Waals surface area contributed by atoms with Crippen molar-refractivity contribution >= 4 is 23.8 Å². The molecule has 4 unspecified atom stereocenters. The van der Waals surface area contributed by atoms with Crippen LogP contribution in [0, 0.1) is 11.8 Å². The van der Waals surface area contributed by atoms with Crippen molar-refractivity contribution in [2.24, 2.45) is 11.8 Å². The molecule has 244 valence electrons. The summed E-state index contributed by atoms with van der Waals surface area (Å²) < 4.78 is 11.1. The van der Waals surface area contributed by atoms with Crippen molar-refractivity contribution in [2.45, 2.75) is 155 Å². The van der Waals surface area contributed by atoms with E-state index >= 15 is 0 Å². The average Bonchev–Trinajstić information content (AvgIpc) is 3.60. The van der Waals surface area contributed by atoms with Gasteiger partial charge in [-0.1, -0.05) is 60.3 Å². The zero-order valence-electron chi connectivity index (χ0n) is 27.4. The minimum atomic E-state index is -0.756. The minimum Gasteiger partial charge on any atom is -0.481 e. The topological polar surface area (TPSA) is 122 Å². The van der Waals surface area contributed by atoms with Crippen LogP contribution in [0.5, 0.6) is 0 Å². The molecule has 0 saturated carbocycles. The fourth-order valence-corrected chi connectivity index (χ4v) is 5.25. The molecule has 1 aliphatic heterocycles. The van der Waals surface area contributed by atoms with Gasteiger partial charge in [0.1, 0.15) is 12.1 Å². The van der Waals surface area contributed by atoms with Gasteiger partial charge < -0.3 is 19.9 Å². The van der Waals surface area contributed by atoms with E-state index in [1.807, 2.05) is 13.8 Å². The summed E-state index contributed by atoms with van der Waals surface area (Å²) >= 11 is 0. The molecule has 0 bridgehead atoms. The maximum atomic E-state index is 12.8. The molecule has 9 heteroatoms. The molecule has 1 heterocycles. The maximum Gasteiger partial charge on any atom is 0.328 e. The average molecular weight is 597 g/mol. The lowest BCUT2D eigenvalue weighted by atomic mass is 10.0. The lowest BCUT2D eigenvalue weighted by molar-refractivity contribution is -0.149. The number of carbonyl (C=O) groups excluding carboxylic acids is 3. The number of nitrogens with one attached hydrogen (secondary N) is 1. The number of hydrogen-bond acceptors (Lipinski definition) is 7. The van der Waals surface area contributed by atoms with E-state index in [0.717, 1.165) is 77.2 Å². The van der Waals surface area contributed by atoms with Gasteiger partial charge in [0, 0.05) is 24.9 Å². The second-order valence-corrected chi connectivity index (χ2v) is 13.1. The van der Waals surface area contributed by atoms with Crippen LogP contribution in [0.15, 0.2) is 0 Å². The Hall–Kier alpha value is -2.16. The van der Waals surface area contributed by atoms with Crippen LogP contribution in [-0.4, -0.2) is 71.2 Å². The lowest BCUT2D eigenvalue weighted by Gasteiger charge is -2.22. The van der Waals surface area contributed by atoms with Crippen molar-refractivity contribution in [3.8, 4) is 0 Å². The van der Waals surface area contributed by atoms with Gasteiger partial charge in [-0.15, -0.1) is 0 Å². The van der Waals surface area contributed by atoms with Crippen LogP contribution in [0.3, 0.4) is 0 Å². The van der Waals surface area contributed by atoms with Gasteiger partial charge in [-0.2, -0.15) is 0 Å². The highest BCUT2D eigenvalue weighted by Crippen LogP contribution is 2.39. The van der Waals surface area contributed by atoms with Gasteiger partial charge in [0.25, 0.3) is 0 Å². The summed E-state index contributed by atoms with van der Waals surface area (Å²) in [6, 6.07) is -0.793. The lowest BCUT2D eigenvalue weighted by Crippen LogP contribution is -2.42. The number of carbonyl (C=O) groups is 4. The van der Waals surface area contributed by atoms with E-state index in [0.29, 0.717) is 38.4 Å². The predicted octanol–water partition coefficient (Wildman–Crippen LogP) is 6.27. The normalized spacial score (nSPS) is 19.4. The van der Waals surface area contributed by atoms with E-state index < -0.39 is 12.0 Å². The van der Waals surface area contributed by atoms with Gasteiger partial charge in [0.2, 0.25) is 5.91 Å². The molecular weight excluding hydrogens is 536 g/mol. The summed E-state index contributed by atoms with van der Waals surface area (Å²) in [6.07, 6.45) is 11.4. The van der Waals surface area contributed by atoms with E-state index in [1.54, 1.807) is 0 Å². The Morgan fingerprint density at radius 2 is 1.26 bits per heavy atom. The monoisotopic (exact) mass is 596 g/mol. The fraction of sp³-hybridized carbons (Fsp3) is 0.879. The van der Waals surface area contributed by atoms with Crippen LogP contribution in [0.4, 0.5) is 0 Å². The maximum absolute atomic E-state index is 12.8. The van der Waals surface area contributed by atoms with Crippen molar-refractivity contribution in [1.82, 2.24) is 10.2 Å². The predicted molar refractivity (Wildman–Crippen MR) is 165 cm³/mol. The number of esters is 2. The van der Waals surface area contributed by atoms with Crippen molar-refractivity contribution in [2.75, 3.05) is 19.8 Å². The van der Waals surface area contributed by atoms with Crippen LogP contribution in [0.1, 0.15) is 138 Å². The number of nitrogens with zero attached hydrogens (tertiary/aromatic N) is 1. The molecule has 0 aromatic carbocycles. The molecule has 0 aromatic rings. The van der Waals surface area contributed by atoms with Crippen molar-refractivity contribution in [1.29, 1.82) is 0 Å². The minimum absolute atomic E-state index is 0.110. The summed E-state index contributed by atoms with van der Waals surface area (Å²) in [7, 11) is 0. The molecule has 42 heavy (non-hydrogen) atoms. The molecule has 4 atom stereocenters. The largest absolute Gasteiger partial charge is 0.481 e. The van der Waals surface area contributed by atoms with E-state index in [-0.39, 0.29) is 41.8 Å². The molecular formula is C33H60N2O7. The molecule has 2 N–H and O–H groups in total. The molecule has 0 aliphatic carbocycles. The Morgan fingerprint density at radius 1 is 0.762 bits per heavy atom. The van der Waals surface area contributed by atoms with Crippen LogP contribution in [0.25, 0.3) is 0 Å². The highest BCUT2D eigenvalue weighted by Gasteiger charge is 2.52. The van der Waals surface area contributed by atoms with Gasteiger partial charge >= 0.3 is 17.9 Å². The van der Waals surface area contributed by atoms with Crippen LogP contribution < -0.4 is 5.32 Å². The summed E-state index contributed by atoms with van der Waals surface area (Å²) in [5.41, 5.74) is 0.124. The molecule has 1 amide bonds. The number of unbranched alkanes of at least 4 members (excludes halogenated alkanes) is 8. The summed E-state index contributed by atoms with van der Waals surface area (Å²) in [4.78, 5) is 50.7. The molecule has 1 aliphatic rings. The quantitative estimate of drug-likeness (QED) is 0.0719. The molecule has 1 fully saturated rings. The van der Waals surface area contributed by atoms with Crippen molar-refractivity contribution in [3.63, 3.8) is 0 Å². The smallest absolute Gasteiger partial charge is 0.328 e. The molecule has 0 spiro atoms. The second-order valence-electron chi connectivity index (χ2n) is 13.1. The Kier molecular flexibility index (Phi) is 18.7. The molecule has 9 nitrogen and oxygen atoms in total. The Morgan fingerprint density at radius 3 is 1.76 bits per heavy atom. The standard InChI is InChI=1S/C33H60N2O7/c1-7-33(6)24-35(33)28(23-26(4)5)32(40)42-21-17-13-12-16-20-41-31(39)27(22-25(2)3)34-29(36)18-14-10-8-9-11-15-19-30(37)38/h25-28H,7-24H2,1-6H3,(H,34,36)(H,37,38). The number of ether oxygens (including phenoxy) is 2. The second kappa shape index (κ2) is 20.7. The molecule has 1 rings (SSSR count). The van der Waals surface area contributed by atoms with Crippen molar-refractivity contribution < 1.29 is 33.8 Å². The number of carboxylic acid groups (broad SMARTS) is 1. The molecule has 0 aromatic heterocycles. The van der Waals surface area contributed by atoms with Crippen LogP contribution in [-0.2, 0) is 28.7 Å². The van der Waals surface area contributed by atoms with Gasteiger partial charge in [0.15, 0.2) is 0 Å². The molecule has 0 radical (unpaired) electrons. The number of carboxylic acids is 1. The van der Waals surface area contributed by atoms with Gasteiger partial charge in [0.05, 0.1) is 13.2 Å². The third kappa shape index (κ3) is 16.5. The Bertz CT molecular complexity index is 816. The zero-order chi connectivity index (χ0) is 31.5. The third-order valence-corrected chi connectivity index (χ3v) is 8.10. The number of hydrogen-bond donors (Lipinski definition) is 2. The Balaban J connectivity index is 2.22. The highest BCUT2D eigenvalue weighted by molar-refractivity contribution is 5.84. The summed E-state index contributed by atoms with van der Waals surface area (Å²) in [5, 5.41) is 11.5. The zero-order valence-corrected chi connectivity index (χ0v) is 27.4. The van der Waals surface area contributed by atoms with E-state index in [4.69, 9.17) is 14.6 Å². The van der Waals surface area contributed by atoms with E-state index in [1.165, 1.54) is 0 Å². The third-order valence-electron chi connectivity index (χ3n) is 8.10. The van der Waals surface area contributed by atoms with Crippen LogP contribution >= 0.6 is 0 Å². The number of rotatable bonds is 25. The molecule has 1 saturated heterocycles. The number of aliphatic carboxylic acids is 1. The summed E-state index contributed by atoms with van der Waals surface area (Å²) in [6.45, 7) is 14.3. The van der Waals surface area contributed by atoms with E-state index in [9.17, 15) is 19.2 Å². The van der Waals surface area contributed by atoms with Gasteiger partial charge in [-0.05, 0) is 76.5 Å². The van der Waals surface area contributed by atoms with E-state index in [2.05, 4.69) is 37.9 Å². The first kappa shape index (κ1) is 37.9. The van der Waals surface area contributed by atoms with Crippen LogP contribution in [0.2, 0.25) is 0 Å². The first-order valence-corrected chi connectivity index (χ1v) is 16.5. The highest BCUT2D eigenvalue weighted by atomic mass is 16.5. The first-order chi connectivity index (χ1) is 19.9. The Labute approximate surface area is 254 Å². The summed E-state index contributed by atoms with van der Waals surface area (Å²) in [5.74, 6) is -0.709. The SMILES string of the molecule is CCC1(C)CN1C(CC(C)C)C(=O)OCCCCCCOC(=O)C(CC(C)C)NC(=O)CCCCCCCCC(=O)O.